The normalized spacial score (nSPS) is 10.3. The van der Waals surface area contributed by atoms with Crippen molar-refractivity contribution in [3.8, 4) is 0 Å². The zero-order valence-corrected chi connectivity index (χ0v) is 14.2. The molecule has 0 aliphatic heterocycles. The Balaban J connectivity index is 1.99. The number of hydrogen-bond acceptors (Lipinski definition) is 2. The minimum atomic E-state index is -0.111. The van der Waals surface area contributed by atoms with E-state index in [2.05, 4.69) is 26.6 Å². The smallest absolute Gasteiger partial charge is 0.243 e. The topological polar surface area (TPSA) is 41.1 Å². The Kier molecular flexibility index (Phi) is 5.26. The van der Waals surface area contributed by atoms with Gasteiger partial charge in [0.25, 0.3) is 0 Å². The van der Waals surface area contributed by atoms with Gasteiger partial charge in [0.2, 0.25) is 5.91 Å². The molecule has 0 aromatic heterocycles. The highest BCUT2D eigenvalue weighted by Crippen LogP contribution is 2.21. The van der Waals surface area contributed by atoms with Gasteiger partial charge in [-0.3, -0.25) is 4.79 Å². The van der Waals surface area contributed by atoms with Crippen LogP contribution in [0.4, 0.5) is 11.4 Å². The summed E-state index contributed by atoms with van der Waals surface area (Å²) in [4.78, 5) is 12.0. The largest absolute Gasteiger partial charge is 0.376 e. The first kappa shape index (κ1) is 15.9. The van der Waals surface area contributed by atoms with Gasteiger partial charge in [0.05, 0.1) is 6.54 Å². The van der Waals surface area contributed by atoms with E-state index in [1.54, 1.807) is 12.1 Å². The van der Waals surface area contributed by atoms with Gasteiger partial charge in [-0.05, 0) is 49.2 Å². The molecule has 2 rings (SSSR count). The van der Waals surface area contributed by atoms with Crippen LogP contribution in [0.5, 0.6) is 0 Å². The lowest BCUT2D eigenvalue weighted by atomic mass is 10.2. The maximum atomic E-state index is 12.0. The summed E-state index contributed by atoms with van der Waals surface area (Å²) in [5, 5.41) is 6.59. The number of aryl methyl sites for hydroxylation is 2. The maximum Gasteiger partial charge on any atom is 0.243 e. The highest BCUT2D eigenvalue weighted by molar-refractivity contribution is 9.10. The Hall–Kier alpha value is -1.52. The molecule has 0 saturated heterocycles. The standard InChI is InChI=1S/C16H16BrClN2O/c1-10-3-5-12(17)7-14(10)19-9-16(21)20-15-8-13(18)6-4-11(15)2/h3-8,19H,9H2,1-2H3,(H,20,21). The molecule has 110 valence electrons. The number of halogens is 2. The average molecular weight is 368 g/mol. The summed E-state index contributed by atoms with van der Waals surface area (Å²) >= 11 is 9.36. The molecule has 0 fully saturated rings. The summed E-state index contributed by atoms with van der Waals surface area (Å²) in [6.07, 6.45) is 0. The van der Waals surface area contributed by atoms with E-state index in [0.29, 0.717) is 5.02 Å². The summed E-state index contributed by atoms with van der Waals surface area (Å²) in [5.74, 6) is -0.111. The van der Waals surface area contributed by atoms with Gasteiger partial charge in [-0.2, -0.15) is 0 Å². The molecule has 0 radical (unpaired) electrons. The summed E-state index contributed by atoms with van der Waals surface area (Å²) in [5.41, 5.74) is 3.74. The third kappa shape index (κ3) is 4.48. The van der Waals surface area contributed by atoms with Gasteiger partial charge in [0.1, 0.15) is 0 Å². The van der Waals surface area contributed by atoms with Gasteiger partial charge in [0.15, 0.2) is 0 Å². The zero-order valence-electron chi connectivity index (χ0n) is 11.8. The molecule has 0 heterocycles. The molecular formula is C16H16BrClN2O. The third-order valence-corrected chi connectivity index (χ3v) is 3.84. The Morgan fingerprint density at radius 2 is 1.76 bits per heavy atom. The SMILES string of the molecule is Cc1ccc(Br)cc1NCC(=O)Nc1cc(Cl)ccc1C. The quantitative estimate of drug-likeness (QED) is 0.817. The first-order chi connectivity index (χ1) is 9.95. The zero-order chi connectivity index (χ0) is 15.4. The van der Waals surface area contributed by atoms with Gasteiger partial charge in [-0.1, -0.05) is 39.7 Å². The van der Waals surface area contributed by atoms with Crippen molar-refractivity contribution < 1.29 is 4.79 Å². The highest BCUT2D eigenvalue weighted by Gasteiger charge is 2.06. The van der Waals surface area contributed by atoms with Crippen LogP contribution in [-0.4, -0.2) is 12.5 Å². The van der Waals surface area contributed by atoms with Crippen LogP contribution in [0.3, 0.4) is 0 Å². The fraction of sp³-hybridized carbons (Fsp3) is 0.188. The molecule has 0 bridgehead atoms. The van der Waals surface area contributed by atoms with Gasteiger partial charge < -0.3 is 10.6 Å². The first-order valence-electron chi connectivity index (χ1n) is 6.52. The molecule has 3 nitrogen and oxygen atoms in total. The van der Waals surface area contributed by atoms with Crippen molar-refractivity contribution in [2.24, 2.45) is 0 Å². The Morgan fingerprint density at radius 3 is 2.52 bits per heavy atom. The van der Waals surface area contributed by atoms with Crippen molar-refractivity contribution in [3.63, 3.8) is 0 Å². The second-order valence-corrected chi connectivity index (χ2v) is 6.17. The summed E-state index contributed by atoms with van der Waals surface area (Å²) in [7, 11) is 0. The number of carbonyl (C=O) groups is 1. The van der Waals surface area contributed by atoms with Crippen LogP contribution >= 0.6 is 27.5 Å². The molecule has 21 heavy (non-hydrogen) atoms. The minimum Gasteiger partial charge on any atom is -0.376 e. The van der Waals surface area contributed by atoms with Crippen molar-refractivity contribution in [2.45, 2.75) is 13.8 Å². The third-order valence-electron chi connectivity index (χ3n) is 3.11. The summed E-state index contributed by atoms with van der Waals surface area (Å²) in [6, 6.07) is 11.3. The Labute approximate surface area is 137 Å². The van der Waals surface area contributed by atoms with Gasteiger partial charge in [0, 0.05) is 20.9 Å². The molecule has 0 unspecified atom stereocenters. The van der Waals surface area contributed by atoms with Crippen molar-refractivity contribution in [1.82, 2.24) is 0 Å². The van der Waals surface area contributed by atoms with Crippen LogP contribution in [0, 0.1) is 13.8 Å². The first-order valence-corrected chi connectivity index (χ1v) is 7.69. The fourth-order valence-corrected chi connectivity index (χ4v) is 2.42. The Bertz CT molecular complexity index is 673. The molecule has 0 saturated carbocycles. The molecule has 0 atom stereocenters. The average Bonchev–Trinajstić information content (AvgIpc) is 2.44. The molecule has 2 aromatic carbocycles. The molecule has 1 amide bonds. The molecule has 0 spiro atoms. The van der Waals surface area contributed by atoms with E-state index in [1.807, 2.05) is 38.1 Å². The second-order valence-electron chi connectivity index (χ2n) is 4.82. The van der Waals surface area contributed by atoms with E-state index >= 15 is 0 Å². The summed E-state index contributed by atoms with van der Waals surface area (Å²) < 4.78 is 0.974. The van der Waals surface area contributed by atoms with Crippen molar-refractivity contribution in [2.75, 3.05) is 17.2 Å². The second kappa shape index (κ2) is 6.96. The summed E-state index contributed by atoms with van der Waals surface area (Å²) in [6.45, 7) is 4.12. The van der Waals surface area contributed by atoms with E-state index in [4.69, 9.17) is 11.6 Å². The number of nitrogens with one attached hydrogen (secondary N) is 2. The van der Waals surface area contributed by atoms with Crippen molar-refractivity contribution in [3.05, 3.63) is 57.0 Å². The number of benzene rings is 2. The molecular weight excluding hydrogens is 352 g/mol. The lowest BCUT2D eigenvalue weighted by Crippen LogP contribution is -2.22. The highest BCUT2D eigenvalue weighted by atomic mass is 79.9. The van der Waals surface area contributed by atoms with Gasteiger partial charge in [-0.25, -0.2) is 0 Å². The van der Waals surface area contributed by atoms with E-state index in [-0.39, 0.29) is 12.5 Å². The molecule has 5 heteroatoms. The van der Waals surface area contributed by atoms with Gasteiger partial charge >= 0.3 is 0 Å². The van der Waals surface area contributed by atoms with Crippen LogP contribution in [0.2, 0.25) is 5.02 Å². The molecule has 0 aliphatic rings. The fourth-order valence-electron chi connectivity index (χ4n) is 1.88. The van der Waals surface area contributed by atoms with E-state index in [1.165, 1.54) is 0 Å². The number of anilines is 2. The number of amides is 1. The number of carbonyl (C=O) groups excluding carboxylic acids is 1. The van der Waals surface area contributed by atoms with Crippen LogP contribution in [0.15, 0.2) is 40.9 Å². The van der Waals surface area contributed by atoms with Crippen molar-refractivity contribution in [1.29, 1.82) is 0 Å². The minimum absolute atomic E-state index is 0.111. The van der Waals surface area contributed by atoms with Crippen LogP contribution in [0.25, 0.3) is 0 Å². The predicted molar refractivity (Wildman–Crippen MR) is 92.2 cm³/mol. The monoisotopic (exact) mass is 366 g/mol. The predicted octanol–water partition coefficient (Wildman–Crippen LogP) is 4.77. The van der Waals surface area contributed by atoms with Crippen LogP contribution < -0.4 is 10.6 Å². The molecule has 0 aliphatic carbocycles. The van der Waals surface area contributed by atoms with E-state index in [0.717, 1.165) is 27.0 Å². The molecule has 2 aromatic rings. The van der Waals surface area contributed by atoms with Gasteiger partial charge in [-0.15, -0.1) is 0 Å². The van der Waals surface area contributed by atoms with E-state index in [9.17, 15) is 4.79 Å². The number of rotatable bonds is 4. The van der Waals surface area contributed by atoms with Crippen LogP contribution in [0.1, 0.15) is 11.1 Å². The lowest BCUT2D eigenvalue weighted by molar-refractivity contribution is -0.114. The maximum absolute atomic E-state index is 12.0. The Morgan fingerprint density at radius 1 is 1.10 bits per heavy atom. The number of hydrogen-bond donors (Lipinski definition) is 2. The van der Waals surface area contributed by atoms with Crippen molar-refractivity contribution >= 4 is 44.8 Å². The van der Waals surface area contributed by atoms with Crippen LogP contribution in [-0.2, 0) is 4.79 Å². The van der Waals surface area contributed by atoms with E-state index < -0.39 is 0 Å². The molecule has 2 N–H and O–H groups in total. The lowest BCUT2D eigenvalue weighted by Gasteiger charge is -2.12.